The van der Waals surface area contributed by atoms with Crippen molar-refractivity contribution >= 4 is 49.6 Å². The number of aryl methyl sites for hydroxylation is 1. The maximum atomic E-state index is 13.9. The molecule has 0 spiro atoms. The van der Waals surface area contributed by atoms with Gasteiger partial charge >= 0.3 is 0 Å². The smallest absolute Gasteiger partial charge is 0.236 e. The van der Waals surface area contributed by atoms with Crippen molar-refractivity contribution in [1.82, 2.24) is 29.4 Å². The fourth-order valence-electron chi connectivity index (χ4n) is 5.30. The van der Waals surface area contributed by atoms with Crippen molar-refractivity contribution in [3.05, 3.63) is 40.4 Å². The second-order valence-electron chi connectivity index (χ2n) is 10.5. The van der Waals surface area contributed by atoms with E-state index in [-0.39, 0.29) is 22.5 Å². The number of aliphatic hydroxyl groups excluding tert-OH is 1. The molecule has 0 bridgehead atoms. The van der Waals surface area contributed by atoms with E-state index in [1.54, 1.807) is 9.42 Å². The Bertz CT molecular complexity index is 1690. The number of aromatic nitrogens is 4. The number of amides is 1. The third-order valence-corrected chi connectivity index (χ3v) is 9.75. The normalized spacial score (nSPS) is 17.3. The quantitative estimate of drug-likeness (QED) is 0.320. The predicted molar refractivity (Wildman–Crippen MR) is 156 cm³/mol. The first-order chi connectivity index (χ1) is 20.2. The first-order valence-corrected chi connectivity index (χ1v) is 15.2. The van der Waals surface area contributed by atoms with Crippen molar-refractivity contribution < 1.29 is 18.7 Å². The highest BCUT2D eigenvalue weighted by atomic mass is 32.1. The van der Waals surface area contributed by atoms with Crippen molar-refractivity contribution in [2.75, 3.05) is 56.6 Å². The highest BCUT2D eigenvalue weighted by Crippen LogP contribution is 2.38. The minimum Gasteiger partial charge on any atom is -0.389 e. The van der Waals surface area contributed by atoms with Crippen LogP contribution < -0.4 is 9.80 Å². The molecule has 3 aromatic heterocycles. The molecule has 0 radical (unpaired) electrons. The monoisotopic (exact) mass is 613 g/mol. The summed E-state index contributed by atoms with van der Waals surface area (Å²) < 4.78 is 29.2. The molecule has 1 N–H and O–H groups in total. The minimum atomic E-state index is -1.00. The summed E-state index contributed by atoms with van der Waals surface area (Å²) in [6.45, 7) is 4.65. The summed E-state index contributed by atoms with van der Waals surface area (Å²) in [5.74, 6) is -1.21. The number of likely N-dealkylation sites (N-methyl/N-ethyl adjacent to an activating group) is 1. The Kier molecular flexibility index (Phi) is 7.56. The van der Waals surface area contributed by atoms with Gasteiger partial charge in [0.2, 0.25) is 16.0 Å². The largest absolute Gasteiger partial charge is 0.389 e. The number of carbonyl (C=O) groups is 1. The summed E-state index contributed by atoms with van der Waals surface area (Å²) in [6.07, 6.45) is 1.13. The van der Waals surface area contributed by atoms with Crippen LogP contribution in [0.25, 0.3) is 16.2 Å². The Morgan fingerprint density at radius 2 is 1.98 bits per heavy atom. The zero-order valence-corrected chi connectivity index (χ0v) is 24.9. The number of fused-ring (bicyclic) bond motifs is 1. The summed E-state index contributed by atoms with van der Waals surface area (Å²) in [4.78, 5) is 30.7. The predicted octanol–water partition coefficient (Wildman–Crippen LogP) is 3.11. The van der Waals surface area contributed by atoms with Crippen LogP contribution in [0.15, 0.2) is 18.2 Å². The number of benzene rings is 1. The van der Waals surface area contributed by atoms with Crippen molar-refractivity contribution in [3.63, 3.8) is 0 Å². The van der Waals surface area contributed by atoms with Crippen LogP contribution in [0.5, 0.6) is 0 Å². The number of nitriles is 1. The lowest BCUT2D eigenvalue weighted by Crippen LogP contribution is -2.56. The second kappa shape index (κ2) is 11.2. The number of β-amino-alcohol motifs (C(OH)–C–C–N with tert-alkyl or cyclic N) is 1. The molecular formula is C27H29F2N9O2S2. The van der Waals surface area contributed by atoms with Gasteiger partial charge in [-0.1, -0.05) is 29.6 Å². The van der Waals surface area contributed by atoms with E-state index in [4.69, 9.17) is 10.1 Å². The van der Waals surface area contributed by atoms with Crippen LogP contribution in [-0.4, -0.2) is 99.4 Å². The van der Waals surface area contributed by atoms with E-state index in [1.165, 1.54) is 17.4 Å². The lowest BCUT2D eigenvalue weighted by molar-refractivity contribution is -0.142. The number of nitrogens with zero attached hydrogens (tertiary/aromatic N) is 9. The van der Waals surface area contributed by atoms with Gasteiger partial charge in [-0.3, -0.25) is 9.69 Å². The topological polar surface area (TPSA) is 117 Å². The molecule has 6 rings (SSSR count). The number of imidazole rings is 1. The summed E-state index contributed by atoms with van der Waals surface area (Å²) in [5, 5.41) is 25.5. The van der Waals surface area contributed by atoms with Crippen LogP contribution in [0.2, 0.25) is 0 Å². The zero-order valence-electron chi connectivity index (χ0n) is 23.3. The molecule has 1 amide bonds. The van der Waals surface area contributed by atoms with Crippen LogP contribution in [0, 0.1) is 23.0 Å². The van der Waals surface area contributed by atoms with E-state index >= 15 is 0 Å². The average Bonchev–Trinajstić information content (AvgIpc) is 3.74. The van der Waals surface area contributed by atoms with Crippen molar-refractivity contribution in [3.8, 4) is 17.3 Å². The molecule has 15 heteroatoms. The minimum absolute atomic E-state index is 0.0307. The highest BCUT2D eigenvalue weighted by Gasteiger charge is 2.33. The van der Waals surface area contributed by atoms with Crippen molar-refractivity contribution in [2.24, 2.45) is 0 Å². The Balaban J connectivity index is 1.23. The van der Waals surface area contributed by atoms with Gasteiger partial charge in [0, 0.05) is 44.8 Å². The van der Waals surface area contributed by atoms with Crippen molar-refractivity contribution in [1.29, 1.82) is 5.26 Å². The number of hydrogen-bond donors (Lipinski definition) is 1. The van der Waals surface area contributed by atoms with Gasteiger partial charge < -0.3 is 19.8 Å². The van der Waals surface area contributed by atoms with Crippen LogP contribution in [0.3, 0.4) is 0 Å². The Morgan fingerprint density at radius 1 is 1.19 bits per heavy atom. The molecule has 2 fully saturated rings. The second-order valence-corrected chi connectivity index (χ2v) is 12.5. The third kappa shape index (κ3) is 5.08. The number of rotatable bonds is 8. The zero-order chi connectivity index (χ0) is 29.7. The number of anilines is 3. The van der Waals surface area contributed by atoms with E-state index < -0.39 is 17.7 Å². The Morgan fingerprint density at radius 3 is 2.67 bits per heavy atom. The molecule has 2 aliphatic heterocycles. The van der Waals surface area contributed by atoms with Gasteiger partial charge in [-0.25, -0.2) is 18.7 Å². The fraction of sp³-hybridized carbons (Fsp3) is 0.444. The number of carbonyl (C=O) groups excluding carboxylic acids is 1. The molecule has 0 aliphatic carbocycles. The van der Waals surface area contributed by atoms with Gasteiger partial charge in [-0.05, 0) is 38.1 Å². The summed E-state index contributed by atoms with van der Waals surface area (Å²) in [6, 6.07) is 5.80. The van der Waals surface area contributed by atoms with E-state index in [0.29, 0.717) is 36.8 Å². The van der Waals surface area contributed by atoms with Gasteiger partial charge in [-0.15, -0.1) is 5.10 Å². The van der Waals surface area contributed by atoms with Gasteiger partial charge in [0.1, 0.15) is 16.6 Å². The van der Waals surface area contributed by atoms with Gasteiger partial charge in [0.25, 0.3) is 0 Å². The molecule has 11 nitrogen and oxygen atoms in total. The first kappa shape index (κ1) is 28.4. The van der Waals surface area contributed by atoms with Crippen LogP contribution in [0.1, 0.15) is 23.9 Å². The van der Waals surface area contributed by atoms with Crippen LogP contribution in [0.4, 0.5) is 24.9 Å². The molecule has 42 heavy (non-hydrogen) atoms. The molecule has 2 saturated heterocycles. The highest BCUT2D eigenvalue weighted by molar-refractivity contribution is 7.20. The molecule has 1 atom stereocenters. The summed E-state index contributed by atoms with van der Waals surface area (Å²) >= 11 is 2.65. The number of thiazole rings is 1. The van der Waals surface area contributed by atoms with Gasteiger partial charge in [0.15, 0.2) is 22.6 Å². The van der Waals surface area contributed by atoms with Crippen LogP contribution in [-0.2, 0) is 11.2 Å². The molecule has 1 aromatic carbocycles. The molecule has 5 heterocycles. The lowest BCUT2D eigenvalue weighted by atomic mass is 10.1. The summed E-state index contributed by atoms with van der Waals surface area (Å²) in [5.41, 5.74) is 1.43. The number of likely N-dealkylation sites (tertiary alicyclic amines) is 1. The van der Waals surface area contributed by atoms with Crippen molar-refractivity contribution in [2.45, 2.75) is 31.9 Å². The van der Waals surface area contributed by atoms with E-state index in [2.05, 4.69) is 20.9 Å². The molecule has 0 saturated carbocycles. The standard InChI is InChI=1S/C27H29F2N9O2S2/c1-4-20-24(35(3)25-32-23(21(10-30)41-25)15-5-6-18(28)19(29)9-15)38-26(31-20)42-27(33-38)36-8-7-16(11-36)34(2)14-22(40)37-12-17(39)13-37/h5-6,9,16-17,39H,4,7-8,11-14H2,1-3H3. The first-order valence-electron chi connectivity index (χ1n) is 13.6. The fourth-order valence-corrected chi connectivity index (χ4v) is 7.10. The number of aliphatic hydroxyl groups is 1. The summed E-state index contributed by atoms with van der Waals surface area (Å²) in [7, 11) is 3.78. The van der Waals surface area contributed by atoms with E-state index in [0.717, 1.165) is 64.6 Å². The maximum Gasteiger partial charge on any atom is 0.236 e. The van der Waals surface area contributed by atoms with Gasteiger partial charge in [0.05, 0.1) is 18.3 Å². The third-order valence-electron chi connectivity index (χ3n) is 7.75. The maximum absolute atomic E-state index is 13.9. The van der Waals surface area contributed by atoms with Gasteiger partial charge in [-0.2, -0.15) is 9.78 Å². The van der Waals surface area contributed by atoms with Crippen LogP contribution >= 0.6 is 22.7 Å². The molecule has 2 aliphatic rings. The lowest BCUT2D eigenvalue weighted by Gasteiger charge is -2.37. The molecule has 4 aromatic rings. The number of hydrogen-bond acceptors (Lipinski definition) is 11. The SMILES string of the molecule is CCc1nc2sc(N3CCC(N(C)CC(=O)N4CC(O)C4)C3)nn2c1N(C)c1nc(-c2ccc(F)c(F)c2)c(C#N)s1. The van der Waals surface area contributed by atoms with E-state index in [1.807, 2.05) is 25.9 Å². The molecule has 220 valence electrons. The average molecular weight is 614 g/mol. The Hall–Kier alpha value is -3.71. The molecular weight excluding hydrogens is 584 g/mol. The number of halogens is 2. The van der Waals surface area contributed by atoms with E-state index in [9.17, 15) is 23.9 Å². The molecule has 1 unspecified atom stereocenters. The Labute approximate surface area is 248 Å².